The summed E-state index contributed by atoms with van der Waals surface area (Å²) in [4.78, 5) is 13.1. The summed E-state index contributed by atoms with van der Waals surface area (Å²) in [6, 6.07) is 1.26. The number of nitrogens with zero attached hydrogens (tertiary/aromatic N) is 3. The molecule has 5 heteroatoms. The molecule has 1 atom stereocenters. The molecule has 5 nitrogen and oxygen atoms in total. The van der Waals surface area contributed by atoms with Gasteiger partial charge in [0.25, 0.3) is 0 Å². The third-order valence-corrected chi connectivity index (χ3v) is 5.21. The lowest BCUT2D eigenvalue weighted by Crippen LogP contribution is -2.51. The van der Waals surface area contributed by atoms with Gasteiger partial charge in [-0.3, -0.25) is 9.80 Å². The van der Waals surface area contributed by atoms with Gasteiger partial charge in [-0.2, -0.15) is 0 Å². The first-order valence-corrected chi connectivity index (χ1v) is 8.42. The van der Waals surface area contributed by atoms with Crippen LogP contribution in [0.4, 0.5) is 0 Å². The summed E-state index contributed by atoms with van der Waals surface area (Å²) in [5.74, 6) is 0. The van der Waals surface area contributed by atoms with Gasteiger partial charge < -0.3 is 10.3 Å². The molecular formula is C16H29N5. The van der Waals surface area contributed by atoms with Crippen LogP contribution >= 0.6 is 0 Å². The highest BCUT2D eigenvalue weighted by molar-refractivity contribution is 5.15. The van der Waals surface area contributed by atoms with Gasteiger partial charge in [0.2, 0.25) is 0 Å². The van der Waals surface area contributed by atoms with E-state index in [-0.39, 0.29) is 0 Å². The number of rotatable bonds is 5. The van der Waals surface area contributed by atoms with E-state index in [0.29, 0.717) is 6.04 Å². The van der Waals surface area contributed by atoms with E-state index in [9.17, 15) is 0 Å². The van der Waals surface area contributed by atoms with Crippen molar-refractivity contribution in [1.82, 2.24) is 25.1 Å². The molecule has 0 spiro atoms. The number of imidazole rings is 1. The molecule has 2 fully saturated rings. The fourth-order valence-corrected chi connectivity index (χ4v) is 3.98. The van der Waals surface area contributed by atoms with Gasteiger partial charge in [-0.15, -0.1) is 0 Å². The minimum absolute atomic E-state index is 0.395. The molecular weight excluding hydrogens is 262 g/mol. The van der Waals surface area contributed by atoms with Crippen molar-refractivity contribution in [2.45, 2.75) is 44.7 Å². The number of aromatic amines is 1. The summed E-state index contributed by atoms with van der Waals surface area (Å²) in [5.41, 5.74) is 2.41. The van der Waals surface area contributed by atoms with E-state index in [4.69, 9.17) is 0 Å². The Kier molecular flexibility index (Phi) is 4.93. The zero-order valence-electron chi connectivity index (χ0n) is 13.4. The van der Waals surface area contributed by atoms with E-state index < -0.39 is 0 Å². The second-order valence-electron chi connectivity index (χ2n) is 6.50. The monoisotopic (exact) mass is 291 g/mol. The van der Waals surface area contributed by atoms with Crippen molar-refractivity contribution in [3.05, 3.63) is 17.7 Å². The zero-order chi connectivity index (χ0) is 14.7. The van der Waals surface area contributed by atoms with Crippen molar-refractivity contribution in [1.29, 1.82) is 0 Å². The molecule has 1 aromatic heterocycles. The number of likely N-dealkylation sites (N-methyl/N-ethyl adjacent to an activating group) is 1. The molecule has 3 rings (SSSR count). The second kappa shape index (κ2) is 6.90. The predicted octanol–water partition coefficient (Wildman–Crippen LogP) is 1.54. The van der Waals surface area contributed by atoms with E-state index in [2.05, 4.69) is 32.0 Å². The van der Waals surface area contributed by atoms with Gasteiger partial charge in [0, 0.05) is 44.5 Å². The lowest BCUT2D eigenvalue weighted by atomic mass is 10.1. The maximum atomic E-state index is 4.56. The minimum Gasteiger partial charge on any atom is -0.348 e. The standard InChI is InChI=1S/C16H29N5/c1-13-16(19-12-18-13)15(11-17-2)21-9-7-20(8-10-21)14-5-3-4-6-14/h12,14-15,17H,3-11H2,1-2H3,(H,18,19). The number of H-pyrrole nitrogens is 1. The largest absolute Gasteiger partial charge is 0.348 e. The smallest absolute Gasteiger partial charge is 0.0925 e. The highest BCUT2D eigenvalue weighted by Gasteiger charge is 2.30. The topological polar surface area (TPSA) is 47.2 Å². The summed E-state index contributed by atoms with van der Waals surface area (Å²) in [6.07, 6.45) is 7.51. The summed E-state index contributed by atoms with van der Waals surface area (Å²) in [6.45, 7) is 7.85. The lowest BCUT2D eigenvalue weighted by molar-refractivity contribution is 0.0689. The van der Waals surface area contributed by atoms with Crippen LogP contribution in [0.15, 0.2) is 6.33 Å². The summed E-state index contributed by atoms with van der Waals surface area (Å²) >= 11 is 0. The Labute approximate surface area is 128 Å². The molecule has 1 aliphatic heterocycles. The van der Waals surface area contributed by atoms with E-state index in [1.165, 1.54) is 50.2 Å². The van der Waals surface area contributed by atoms with Gasteiger partial charge in [-0.05, 0) is 26.8 Å². The summed E-state index contributed by atoms with van der Waals surface area (Å²) < 4.78 is 0. The van der Waals surface area contributed by atoms with Crippen molar-refractivity contribution in [2.75, 3.05) is 39.8 Å². The minimum atomic E-state index is 0.395. The normalized spacial score (nSPS) is 23.7. The number of aryl methyl sites for hydroxylation is 1. The van der Waals surface area contributed by atoms with E-state index in [1.54, 1.807) is 0 Å². The van der Waals surface area contributed by atoms with Crippen molar-refractivity contribution >= 4 is 0 Å². The first-order valence-electron chi connectivity index (χ1n) is 8.42. The van der Waals surface area contributed by atoms with Gasteiger partial charge >= 0.3 is 0 Å². The number of hydrogen-bond acceptors (Lipinski definition) is 4. The molecule has 1 aromatic rings. The molecule has 1 saturated carbocycles. The molecule has 118 valence electrons. The predicted molar refractivity (Wildman–Crippen MR) is 85.4 cm³/mol. The highest BCUT2D eigenvalue weighted by Crippen LogP contribution is 2.27. The summed E-state index contributed by atoms with van der Waals surface area (Å²) in [5, 5.41) is 3.34. The van der Waals surface area contributed by atoms with Gasteiger partial charge in [0.15, 0.2) is 0 Å². The zero-order valence-corrected chi connectivity index (χ0v) is 13.4. The van der Waals surface area contributed by atoms with Gasteiger partial charge in [-0.1, -0.05) is 12.8 Å². The van der Waals surface area contributed by atoms with Gasteiger partial charge in [0.05, 0.1) is 18.1 Å². The second-order valence-corrected chi connectivity index (χ2v) is 6.50. The van der Waals surface area contributed by atoms with Gasteiger partial charge in [-0.25, -0.2) is 4.98 Å². The molecule has 0 bridgehead atoms. The average Bonchev–Trinajstić information content (AvgIpc) is 3.17. The van der Waals surface area contributed by atoms with Crippen LogP contribution in [0.3, 0.4) is 0 Å². The molecule has 0 aromatic carbocycles. The third-order valence-electron chi connectivity index (χ3n) is 5.21. The first-order chi connectivity index (χ1) is 10.3. The molecule has 21 heavy (non-hydrogen) atoms. The van der Waals surface area contributed by atoms with Crippen molar-refractivity contribution < 1.29 is 0 Å². The SMILES string of the molecule is CNCC(c1nc[nH]c1C)N1CCN(C2CCCC2)CC1. The Morgan fingerprint density at radius 3 is 2.57 bits per heavy atom. The molecule has 0 radical (unpaired) electrons. The van der Waals surface area contributed by atoms with Gasteiger partial charge in [0.1, 0.15) is 0 Å². The molecule has 1 saturated heterocycles. The average molecular weight is 291 g/mol. The molecule has 0 amide bonds. The van der Waals surface area contributed by atoms with Crippen LogP contribution in [-0.2, 0) is 0 Å². The van der Waals surface area contributed by atoms with Crippen molar-refractivity contribution in [3.8, 4) is 0 Å². The molecule has 1 aliphatic carbocycles. The number of nitrogens with one attached hydrogen (secondary N) is 2. The Morgan fingerprint density at radius 1 is 1.29 bits per heavy atom. The van der Waals surface area contributed by atoms with E-state index in [0.717, 1.165) is 25.7 Å². The van der Waals surface area contributed by atoms with Crippen LogP contribution in [0.5, 0.6) is 0 Å². The fraction of sp³-hybridized carbons (Fsp3) is 0.812. The number of piperazine rings is 1. The third kappa shape index (κ3) is 3.30. The Bertz CT molecular complexity index is 430. The first kappa shape index (κ1) is 15.0. The van der Waals surface area contributed by atoms with Crippen LogP contribution in [0.25, 0.3) is 0 Å². The Hall–Kier alpha value is -0.910. The van der Waals surface area contributed by atoms with Crippen LogP contribution in [0.1, 0.15) is 43.1 Å². The van der Waals surface area contributed by atoms with Crippen LogP contribution in [0.2, 0.25) is 0 Å². The van der Waals surface area contributed by atoms with Crippen molar-refractivity contribution in [2.24, 2.45) is 0 Å². The molecule has 2 aliphatic rings. The Morgan fingerprint density at radius 2 is 2.00 bits per heavy atom. The quantitative estimate of drug-likeness (QED) is 0.864. The number of aromatic nitrogens is 2. The van der Waals surface area contributed by atoms with Crippen LogP contribution < -0.4 is 5.32 Å². The number of hydrogen-bond donors (Lipinski definition) is 2. The molecule has 2 heterocycles. The van der Waals surface area contributed by atoms with E-state index >= 15 is 0 Å². The molecule has 1 unspecified atom stereocenters. The summed E-state index contributed by atoms with van der Waals surface area (Å²) in [7, 11) is 2.03. The fourth-order valence-electron chi connectivity index (χ4n) is 3.98. The van der Waals surface area contributed by atoms with Crippen molar-refractivity contribution in [3.63, 3.8) is 0 Å². The maximum absolute atomic E-state index is 4.56. The van der Waals surface area contributed by atoms with E-state index in [1.807, 2.05) is 13.4 Å². The Balaban J connectivity index is 1.61. The maximum Gasteiger partial charge on any atom is 0.0925 e. The lowest BCUT2D eigenvalue weighted by Gasteiger charge is -2.41. The molecule has 2 N–H and O–H groups in total. The highest BCUT2D eigenvalue weighted by atomic mass is 15.3. The van der Waals surface area contributed by atoms with Crippen LogP contribution in [-0.4, -0.2) is 65.6 Å². The van der Waals surface area contributed by atoms with Crippen LogP contribution in [0, 0.1) is 6.92 Å².